The van der Waals surface area contributed by atoms with Crippen LogP contribution < -0.4 is 4.74 Å². The van der Waals surface area contributed by atoms with Crippen LogP contribution in [-0.2, 0) is 0 Å². The lowest BCUT2D eigenvalue weighted by Gasteiger charge is -2.36. The van der Waals surface area contributed by atoms with Crippen LogP contribution >= 0.6 is 0 Å². The van der Waals surface area contributed by atoms with Crippen LogP contribution in [0.3, 0.4) is 0 Å². The zero-order valence-corrected chi connectivity index (χ0v) is 10.9. The smallest absolute Gasteiger partial charge is 0.250 e. The van der Waals surface area contributed by atoms with Gasteiger partial charge in [-0.3, -0.25) is 4.90 Å². The number of methoxy groups -OCH3 is 1. The van der Waals surface area contributed by atoms with Gasteiger partial charge >= 0.3 is 0 Å². The van der Waals surface area contributed by atoms with Gasteiger partial charge in [0.05, 0.1) is 7.11 Å². The molecule has 1 aromatic heterocycles. The van der Waals surface area contributed by atoms with Gasteiger partial charge < -0.3 is 9.64 Å². The van der Waals surface area contributed by atoms with Gasteiger partial charge in [0.15, 0.2) is 5.82 Å². The van der Waals surface area contributed by atoms with E-state index in [1.165, 1.54) is 13.2 Å². The molecular formula is C13H19FN3O. The minimum absolute atomic E-state index is 0.0318. The van der Waals surface area contributed by atoms with E-state index in [9.17, 15) is 4.39 Å². The normalized spacial score (nSPS) is 19.8. The minimum Gasteiger partial charge on any atom is -0.479 e. The Morgan fingerprint density at radius 3 is 2.61 bits per heavy atom. The van der Waals surface area contributed by atoms with Crippen molar-refractivity contribution in [1.29, 1.82) is 0 Å². The van der Waals surface area contributed by atoms with E-state index in [4.69, 9.17) is 4.74 Å². The summed E-state index contributed by atoms with van der Waals surface area (Å²) in [6.07, 6.45) is 1.64. The predicted octanol–water partition coefficient (Wildman–Crippen LogP) is 1.35. The fraction of sp³-hybridized carbons (Fsp3) is 0.538. The van der Waals surface area contributed by atoms with Crippen LogP contribution in [0.2, 0.25) is 0 Å². The highest BCUT2D eigenvalue weighted by Crippen LogP contribution is 2.23. The maximum absolute atomic E-state index is 13.6. The van der Waals surface area contributed by atoms with Crippen molar-refractivity contribution in [3.63, 3.8) is 0 Å². The van der Waals surface area contributed by atoms with Gasteiger partial charge in [0.25, 0.3) is 0 Å². The van der Waals surface area contributed by atoms with Crippen molar-refractivity contribution in [2.24, 2.45) is 0 Å². The Morgan fingerprint density at radius 1 is 1.39 bits per heavy atom. The molecule has 18 heavy (non-hydrogen) atoms. The van der Waals surface area contributed by atoms with E-state index < -0.39 is 5.82 Å². The summed E-state index contributed by atoms with van der Waals surface area (Å²) in [5.74, 6) is -0.401. The van der Waals surface area contributed by atoms with Crippen molar-refractivity contribution in [2.45, 2.75) is 6.04 Å². The second kappa shape index (κ2) is 5.63. The largest absolute Gasteiger partial charge is 0.479 e. The number of ether oxygens (including phenoxy) is 1. The van der Waals surface area contributed by atoms with Gasteiger partial charge in [-0.2, -0.15) is 0 Å². The van der Waals surface area contributed by atoms with Gasteiger partial charge in [-0.05, 0) is 25.6 Å². The van der Waals surface area contributed by atoms with Crippen molar-refractivity contribution in [3.05, 3.63) is 30.6 Å². The third-order valence-electron chi connectivity index (χ3n) is 3.39. The summed E-state index contributed by atoms with van der Waals surface area (Å²) in [6, 6.07) is 1.40. The van der Waals surface area contributed by atoms with Crippen molar-refractivity contribution < 1.29 is 9.13 Å². The molecule has 1 radical (unpaired) electrons. The van der Waals surface area contributed by atoms with E-state index in [-0.39, 0.29) is 11.9 Å². The number of piperazine rings is 1. The molecule has 2 heterocycles. The molecule has 0 aromatic carbocycles. The topological polar surface area (TPSA) is 28.6 Å². The summed E-state index contributed by atoms with van der Waals surface area (Å²) in [5, 5.41) is 0. The summed E-state index contributed by atoms with van der Waals surface area (Å²) in [6.45, 7) is 8.02. The highest BCUT2D eigenvalue weighted by atomic mass is 19.1. The average Bonchev–Trinajstić information content (AvgIpc) is 2.38. The van der Waals surface area contributed by atoms with Crippen LogP contribution in [0.25, 0.3) is 0 Å². The molecule has 0 saturated carbocycles. The fourth-order valence-electron chi connectivity index (χ4n) is 2.12. The van der Waals surface area contributed by atoms with Crippen molar-refractivity contribution in [1.82, 2.24) is 14.8 Å². The van der Waals surface area contributed by atoms with Gasteiger partial charge in [0.2, 0.25) is 5.88 Å². The van der Waals surface area contributed by atoms with E-state index in [1.54, 1.807) is 6.20 Å². The summed E-state index contributed by atoms with van der Waals surface area (Å²) in [5.41, 5.74) is 0.790. The molecule has 0 aliphatic carbocycles. The highest BCUT2D eigenvalue weighted by Gasteiger charge is 2.21. The van der Waals surface area contributed by atoms with Gasteiger partial charge in [-0.25, -0.2) is 9.37 Å². The molecule has 0 N–H and O–H groups in total. The molecule has 0 spiro atoms. The molecule has 0 bridgehead atoms. The number of halogens is 1. The molecule has 1 aromatic rings. The van der Waals surface area contributed by atoms with Crippen LogP contribution in [0.15, 0.2) is 12.3 Å². The first kappa shape index (κ1) is 13.2. The summed E-state index contributed by atoms with van der Waals surface area (Å²) < 4.78 is 18.4. The zero-order chi connectivity index (χ0) is 13.1. The molecule has 0 amide bonds. The Morgan fingerprint density at radius 2 is 2.06 bits per heavy atom. The number of nitrogens with zero attached hydrogens (tertiary/aromatic N) is 3. The molecule has 1 atom stereocenters. The third-order valence-corrected chi connectivity index (χ3v) is 3.39. The van der Waals surface area contributed by atoms with E-state index in [2.05, 4.69) is 28.8 Å². The van der Waals surface area contributed by atoms with E-state index in [0.29, 0.717) is 0 Å². The lowest BCUT2D eigenvalue weighted by atomic mass is 10.1. The SMILES string of the molecule is [CH2]C(c1cnc(OC)c(F)c1)N1CCN(C)CC1. The second-order valence-corrected chi connectivity index (χ2v) is 4.61. The first-order valence-corrected chi connectivity index (χ1v) is 6.07. The van der Waals surface area contributed by atoms with Crippen LogP contribution in [0.1, 0.15) is 11.6 Å². The summed E-state index contributed by atoms with van der Waals surface area (Å²) in [4.78, 5) is 8.47. The monoisotopic (exact) mass is 252 g/mol. The Labute approximate surface area is 107 Å². The summed E-state index contributed by atoms with van der Waals surface area (Å²) >= 11 is 0. The zero-order valence-electron chi connectivity index (χ0n) is 10.9. The van der Waals surface area contributed by atoms with Crippen molar-refractivity contribution in [3.8, 4) is 5.88 Å². The lowest BCUT2D eigenvalue weighted by Crippen LogP contribution is -2.45. The molecule has 1 fully saturated rings. The number of hydrogen-bond donors (Lipinski definition) is 0. The van der Waals surface area contributed by atoms with Gasteiger partial charge in [-0.1, -0.05) is 0 Å². The minimum atomic E-state index is -0.433. The number of aromatic nitrogens is 1. The highest BCUT2D eigenvalue weighted by molar-refractivity contribution is 5.23. The molecule has 99 valence electrons. The molecule has 5 heteroatoms. The number of pyridine rings is 1. The molecule has 1 aliphatic rings. The number of hydrogen-bond acceptors (Lipinski definition) is 4. The number of likely N-dealkylation sites (N-methyl/N-ethyl adjacent to an activating group) is 1. The quantitative estimate of drug-likeness (QED) is 0.812. The molecular weight excluding hydrogens is 233 g/mol. The van der Waals surface area contributed by atoms with Crippen LogP contribution in [0.4, 0.5) is 4.39 Å². The molecule has 1 saturated heterocycles. The van der Waals surface area contributed by atoms with Gasteiger partial charge in [0.1, 0.15) is 0 Å². The number of rotatable bonds is 3. The third kappa shape index (κ3) is 2.79. The molecule has 2 rings (SSSR count). The molecule has 1 unspecified atom stereocenters. The Kier molecular flexibility index (Phi) is 4.14. The molecule has 1 aliphatic heterocycles. The first-order chi connectivity index (χ1) is 8.61. The first-order valence-electron chi connectivity index (χ1n) is 6.07. The second-order valence-electron chi connectivity index (χ2n) is 4.61. The van der Waals surface area contributed by atoms with Gasteiger partial charge in [0, 0.05) is 38.4 Å². The maximum atomic E-state index is 13.6. The van der Waals surface area contributed by atoms with Crippen LogP contribution in [0.5, 0.6) is 5.88 Å². The maximum Gasteiger partial charge on any atom is 0.250 e. The van der Waals surface area contributed by atoms with Crippen LogP contribution in [0, 0.1) is 12.7 Å². The van der Waals surface area contributed by atoms with E-state index in [0.717, 1.165) is 31.7 Å². The predicted molar refractivity (Wildman–Crippen MR) is 67.9 cm³/mol. The van der Waals surface area contributed by atoms with E-state index in [1.807, 2.05) is 0 Å². The Bertz CT molecular complexity index is 405. The fourth-order valence-corrected chi connectivity index (χ4v) is 2.12. The lowest BCUT2D eigenvalue weighted by molar-refractivity contribution is 0.129. The molecule has 4 nitrogen and oxygen atoms in total. The van der Waals surface area contributed by atoms with Crippen molar-refractivity contribution >= 4 is 0 Å². The summed E-state index contributed by atoms with van der Waals surface area (Å²) in [7, 11) is 3.51. The Hall–Kier alpha value is -1.20. The average molecular weight is 252 g/mol. The standard InChI is InChI=1S/C13H19FN3O/c1-10(17-6-4-16(2)5-7-17)11-8-12(14)13(18-3)15-9-11/h8-10H,1,4-7H2,2-3H3. The van der Waals surface area contributed by atoms with E-state index >= 15 is 0 Å². The van der Waals surface area contributed by atoms with Crippen molar-refractivity contribution in [2.75, 3.05) is 40.3 Å². The van der Waals surface area contributed by atoms with Gasteiger partial charge in [-0.15, -0.1) is 0 Å². The Balaban J connectivity index is 2.08. The van der Waals surface area contributed by atoms with Crippen LogP contribution in [-0.4, -0.2) is 55.1 Å².